The van der Waals surface area contributed by atoms with Crippen LogP contribution < -0.4 is 5.32 Å². The summed E-state index contributed by atoms with van der Waals surface area (Å²) >= 11 is 0. The van der Waals surface area contributed by atoms with Crippen LogP contribution in [0.2, 0.25) is 0 Å². The highest BCUT2D eigenvalue weighted by Crippen LogP contribution is 2.24. The van der Waals surface area contributed by atoms with Gasteiger partial charge in [0, 0.05) is 12.0 Å². The quantitative estimate of drug-likeness (QED) is 0.578. The minimum Gasteiger partial charge on any atom is -0.452 e. The van der Waals surface area contributed by atoms with Crippen LogP contribution in [0.1, 0.15) is 39.0 Å². The van der Waals surface area contributed by atoms with E-state index in [0.29, 0.717) is 0 Å². The lowest BCUT2D eigenvalue weighted by molar-refractivity contribution is -0.142. The number of amides is 1. The summed E-state index contributed by atoms with van der Waals surface area (Å²) in [6, 6.07) is -0.201. The fourth-order valence-corrected chi connectivity index (χ4v) is 2.03. The highest BCUT2D eigenvalue weighted by molar-refractivity contribution is 5.80. The summed E-state index contributed by atoms with van der Waals surface area (Å²) in [4.78, 5) is 23.0. The zero-order chi connectivity index (χ0) is 12.7. The van der Waals surface area contributed by atoms with Crippen molar-refractivity contribution in [3.05, 3.63) is 0 Å². The molecule has 0 heterocycles. The van der Waals surface area contributed by atoms with Crippen LogP contribution in [0.25, 0.3) is 0 Å². The molecule has 1 amide bonds. The van der Waals surface area contributed by atoms with Gasteiger partial charge in [-0.25, -0.2) is 0 Å². The largest absolute Gasteiger partial charge is 0.452 e. The monoisotopic (exact) mass is 237 g/mol. The number of esters is 1. The zero-order valence-electron chi connectivity index (χ0n) is 10.2. The normalized spacial score (nSPS) is 17.2. The first-order valence-corrected chi connectivity index (χ1v) is 6.03. The minimum atomic E-state index is -0.373. The number of ether oxygens (including phenoxy) is 1. The summed E-state index contributed by atoms with van der Waals surface area (Å²) in [6.07, 6.45) is 9.30. The average Bonchev–Trinajstić information content (AvgIpc) is 2.79. The van der Waals surface area contributed by atoms with Crippen LogP contribution in [-0.4, -0.2) is 24.5 Å². The molecule has 0 aromatic rings. The Balaban J connectivity index is 2.24. The predicted molar refractivity (Wildman–Crippen MR) is 64.0 cm³/mol. The van der Waals surface area contributed by atoms with Gasteiger partial charge in [-0.1, -0.05) is 18.8 Å². The summed E-state index contributed by atoms with van der Waals surface area (Å²) in [7, 11) is 0. The molecule has 1 saturated carbocycles. The molecule has 0 radical (unpaired) electrons. The summed E-state index contributed by atoms with van der Waals surface area (Å²) in [5, 5.41) is 2.84. The van der Waals surface area contributed by atoms with Crippen molar-refractivity contribution in [3.8, 4) is 12.3 Å². The lowest BCUT2D eigenvalue weighted by atomic mass is 10.1. The lowest BCUT2D eigenvalue weighted by Gasteiger charge is -2.16. The topological polar surface area (TPSA) is 55.4 Å². The Morgan fingerprint density at radius 2 is 2.12 bits per heavy atom. The number of carbonyl (C=O) groups excluding carboxylic acids is 2. The molecule has 0 spiro atoms. The van der Waals surface area contributed by atoms with Gasteiger partial charge in [-0.05, 0) is 19.8 Å². The van der Waals surface area contributed by atoms with Crippen LogP contribution in [0.15, 0.2) is 0 Å². The maximum Gasteiger partial charge on any atom is 0.308 e. The highest BCUT2D eigenvalue weighted by atomic mass is 16.5. The fourth-order valence-electron chi connectivity index (χ4n) is 2.03. The van der Waals surface area contributed by atoms with Crippen molar-refractivity contribution in [1.29, 1.82) is 0 Å². The van der Waals surface area contributed by atoms with Crippen molar-refractivity contribution in [2.45, 2.75) is 45.1 Å². The lowest BCUT2D eigenvalue weighted by Crippen LogP contribution is -2.37. The molecule has 1 fully saturated rings. The second kappa shape index (κ2) is 6.95. The fraction of sp³-hybridized carbons (Fsp3) is 0.692. The Morgan fingerprint density at radius 1 is 1.47 bits per heavy atom. The van der Waals surface area contributed by atoms with Gasteiger partial charge in [0.05, 0.1) is 6.42 Å². The maximum atomic E-state index is 11.8. The molecule has 0 aromatic heterocycles. The van der Waals surface area contributed by atoms with Crippen molar-refractivity contribution in [1.82, 2.24) is 5.32 Å². The smallest absolute Gasteiger partial charge is 0.308 e. The summed E-state index contributed by atoms with van der Waals surface area (Å²) < 4.78 is 4.74. The Hall–Kier alpha value is -1.50. The number of hydrogen-bond acceptors (Lipinski definition) is 3. The first-order chi connectivity index (χ1) is 8.13. The summed E-state index contributed by atoms with van der Waals surface area (Å²) in [6.45, 7) is 1.78. The van der Waals surface area contributed by atoms with Gasteiger partial charge < -0.3 is 10.1 Å². The Morgan fingerprint density at radius 3 is 2.71 bits per heavy atom. The molecule has 1 rings (SSSR count). The summed E-state index contributed by atoms with van der Waals surface area (Å²) in [5.41, 5.74) is 0. The Kier molecular flexibility index (Phi) is 5.55. The van der Waals surface area contributed by atoms with Gasteiger partial charge in [0.25, 0.3) is 0 Å². The van der Waals surface area contributed by atoms with Crippen LogP contribution in [0.3, 0.4) is 0 Å². The molecule has 0 bridgehead atoms. The van der Waals surface area contributed by atoms with E-state index in [1.807, 2.05) is 0 Å². The molecule has 1 N–H and O–H groups in total. The SMILES string of the molecule is C#CCOC(=O)C[C@H](C)NC(=O)C1CCCC1. The van der Waals surface area contributed by atoms with Crippen molar-refractivity contribution < 1.29 is 14.3 Å². The standard InChI is InChI=1S/C13H19NO3/c1-3-8-17-12(15)9-10(2)14-13(16)11-6-4-5-7-11/h1,10-11H,4-9H2,2H3,(H,14,16)/t10-/m0/s1. The van der Waals surface area contributed by atoms with E-state index in [2.05, 4.69) is 11.2 Å². The van der Waals surface area contributed by atoms with E-state index in [4.69, 9.17) is 11.2 Å². The van der Waals surface area contributed by atoms with Gasteiger partial charge in [-0.15, -0.1) is 6.42 Å². The van der Waals surface area contributed by atoms with Crippen LogP contribution >= 0.6 is 0 Å². The maximum absolute atomic E-state index is 11.8. The second-order valence-corrected chi connectivity index (χ2v) is 4.46. The zero-order valence-corrected chi connectivity index (χ0v) is 10.2. The number of carbonyl (C=O) groups is 2. The molecule has 0 unspecified atom stereocenters. The highest BCUT2D eigenvalue weighted by Gasteiger charge is 2.24. The van der Waals surface area contributed by atoms with E-state index in [0.717, 1.165) is 25.7 Å². The first kappa shape index (κ1) is 13.6. The molecular weight excluding hydrogens is 218 g/mol. The van der Waals surface area contributed by atoms with Crippen molar-refractivity contribution in [2.24, 2.45) is 5.92 Å². The third-order valence-corrected chi connectivity index (χ3v) is 2.90. The number of nitrogens with one attached hydrogen (secondary N) is 1. The molecule has 94 valence electrons. The van der Waals surface area contributed by atoms with Crippen molar-refractivity contribution >= 4 is 11.9 Å². The number of hydrogen-bond donors (Lipinski definition) is 1. The van der Waals surface area contributed by atoms with Crippen molar-refractivity contribution in [3.63, 3.8) is 0 Å². The third kappa shape index (κ3) is 4.90. The average molecular weight is 237 g/mol. The molecule has 0 aliphatic heterocycles. The predicted octanol–water partition coefficient (Wildman–Crippen LogP) is 1.25. The molecule has 1 aliphatic carbocycles. The van der Waals surface area contributed by atoms with Gasteiger partial charge in [-0.3, -0.25) is 9.59 Å². The van der Waals surface area contributed by atoms with E-state index in [9.17, 15) is 9.59 Å². The number of rotatable bonds is 5. The molecule has 1 aliphatic rings. The van der Waals surface area contributed by atoms with E-state index >= 15 is 0 Å². The van der Waals surface area contributed by atoms with E-state index in [1.54, 1.807) is 6.92 Å². The van der Waals surface area contributed by atoms with Crippen LogP contribution in [-0.2, 0) is 14.3 Å². The van der Waals surface area contributed by atoms with Gasteiger partial charge in [-0.2, -0.15) is 0 Å². The molecule has 17 heavy (non-hydrogen) atoms. The first-order valence-electron chi connectivity index (χ1n) is 6.03. The summed E-state index contributed by atoms with van der Waals surface area (Å²) in [5.74, 6) is 2.03. The second-order valence-electron chi connectivity index (χ2n) is 4.46. The minimum absolute atomic E-state index is 0.0118. The molecule has 4 nitrogen and oxygen atoms in total. The van der Waals surface area contributed by atoms with Crippen molar-refractivity contribution in [2.75, 3.05) is 6.61 Å². The van der Waals surface area contributed by atoms with Crippen LogP contribution in [0, 0.1) is 18.3 Å². The molecule has 0 saturated heterocycles. The van der Waals surface area contributed by atoms with Crippen LogP contribution in [0.5, 0.6) is 0 Å². The van der Waals surface area contributed by atoms with E-state index in [-0.39, 0.29) is 36.9 Å². The molecular formula is C13H19NO3. The Labute approximate surface area is 102 Å². The van der Waals surface area contributed by atoms with Gasteiger partial charge in [0.15, 0.2) is 6.61 Å². The third-order valence-electron chi connectivity index (χ3n) is 2.90. The van der Waals surface area contributed by atoms with Gasteiger partial charge in [0.2, 0.25) is 5.91 Å². The van der Waals surface area contributed by atoms with Gasteiger partial charge >= 0.3 is 5.97 Å². The number of terminal acetylenes is 1. The van der Waals surface area contributed by atoms with E-state index < -0.39 is 0 Å². The van der Waals surface area contributed by atoms with E-state index in [1.165, 1.54) is 0 Å². The Bertz CT molecular complexity index is 313. The molecule has 1 atom stereocenters. The molecule has 0 aromatic carbocycles. The van der Waals surface area contributed by atoms with Gasteiger partial charge in [0.1, 0.15) is 0 Å². The molecule has 4 heteroatoms. The van der Waals surface area contributed by atoms with Crippen LogP contribution in [0.4, 0.5) is 0 Å².